The molecule has 0 saturated carbocycles. The third-order valence-electron chi connectivity index (χ3n) is 3.25. The number of hydrogen-bond donors (Lipinski definition) is 1. The van der Waals surface area contributed by atoms with Crippen molar-refractivity contribution in [1.82, 2.24) is 15.2 Å². The molecule has 106 valence electrons. The lowest BCUT2D eigenvalue weighted by Gasteiger charge is -2.07. The van der Waals surface area contributed by atoms with E-state index in [9.17, 15) is 0 Å². The van der Waals surface area contributed by atoms with Gasteiger partial charge in [-0.25, -0.2) is 4.98 Å². The zero-order valence-corrected chi connectivity index (χ0v) is 12.6. The lowest BCUT2D eigenvalue weighted by atomic mass is 10.0. The minimum Gasteiger partial charge on any atom is -0.323 e. The van der Waals surface area contributed by atoms with E-state index in [1.807, 2.05) is 36.4 Å². The summed E-state index contributed by atoms with van der Waals surface area (Å²) in [5.74, 6) is 0.935. The van der Waals surface area contributed by atoms with Gasteiger partial charge in [0.1, 0.15) is 5.52 Å². The second-order valence-corrected chi connectivity index (χ2v) is 5.61. The molecular weight excluding hydrogens is 284 g/mol. The third kappa shape index (κ3) is 3.11. The lowest BCUT2D eigenvalue weighted by Crippen LogP contribution is -2.00. The molecule has 21 heavy (non-hydrogen) atoms. The SMILES string of the molecule is CC(C)c1ccc2nc(Nc3ccc(Cl)cc3)nnc2c1. The molecule has 0 radical (unpaired) electrons. The maximum absolute atomic E-state index is 5.86. The Morgan fingerprint density at radius 1 is 0.952 bits per heavy atom. The first-order valence-electron chi connectivity index (χ1n) is 6.79. The fraction of sp³-hybridized carbons (Fsp3) is 0.188. The van der Waals surface area contributed by atoms with Crippen LogP contribution < -0.4 is 5.32 Å². The molecule has 0 amide bonds. The number of nitrogens with zero attached hydrogens (tertiary/aromatic N) is 3. The molecule has 3 aromatic rings. The molecule has 0 aliphatic heterocycles. The third-order valence-corrected chi connectivity index (χ3v) is 3.50. The van der Waals surface area contributed by atoms with E-state index < -0.39 is 0 Å². The number of benzene rings is 2. The molecule has 4 nitrogen and oxygen atoms in total. The summed E-state index contributed by atoms with van der Waals surface area (Å²) in [7, 11) is 0. The van der Waals surface area contributed by atoms with Crippen molar-refractivity contribution in [2.24, 2.45) is 0 Å². The summed E-state index contributed by atoms with van der Waals surface area (Å²) in [5, 5.41) is 12.2. The minimum absolute atomic E-state index is 0.461. The van der Waals surface area contributed by atoms with Gasteiger partial charge >= 0.3 is 0 Å². The van der Waals surface area contributed by atoms with Crippen LogP contribution in [0.3, 0.4) is 0 Å². The van der Waals surface area contributed by atoms with Crippen molar-refractivity contribution in [2.75, 3.05) is 5.32 Å². The van der Waals surface area contributed by atoms with Gasteiger partial charge < -0.3 is 5.32 Å². The number of nitrogens with one attached hydrogen (secondary N) is 1. The highest BCUT2D eigenvalue weighted by Crippen LogP contribution is 2.20. The molecule has 0 aliphatic carbocycles. The van der Waals surface area contributed by atoms with Gasteiger partial charge in [0, 0.05) is 10.7 Å². The van der Waals surface area contributed by atoms with E-state index in [0.29, 0.717) is 16.9 Å². The summed E-state index contributed by atoms with van der Waals surface area (Å²) in [4.78, 5) is 4.48. The number of fused-ring (bicyclic) bond motifs is 1. The molecule has 0 atom stereocenters. The Kier molecular flexibility index (Phi) is 3.71. The quantitative estimate of drug-likeness (QED) is 0.771. The van der Waals surface area contributed by atoms with Crippen LogP contribution in [0.1, 0.15) is 25.3 Å². The van der Waals surface area contributed by atoms with Gasteiger partial charge in [0.25, 0.3) is 0 Å². The number of hydrogen-bond acceptors (Lipinski definition) is 4. The van der Waals surface area contributed by atoms with Crippen molar-refractivity contribution in [3.8, 4) is 0 Å². The van der Waals surface area contributed by atoms with Crippen molar-refractivity contribution in [3.63, 3.8) is 0 Å². The monoisotopic (exact) mass is 298 g/mol. The highest BCUT2D eigenvalue weighted by Gasteiger charge is 2.05. The Bertz CT molecular complexity index is 769. The van der Waals surface area contributed by atoms with Gasteiger partial charge in [-0.05, 0) is 47.9 Å². The predicted molar refractivity (Wildman–Crippen MR) is 86.2 cm³/mol. The first-order valence-corrected chi connectivity index (χ1v) is 7.16. The van der Waals surface area contributed by atoms with E-state index in [1.54, 1.807) is 0 Å². The normalized spacial score (nSPS) is 11.0. The zero-order chi connectivity index (χ0) is 14.8. The molecule has 0 saturated heterocycles. The molecule has 1 N–H and O–H groups in total. The van der Waals surface area contributed by atoms with Gasteiger partial charge in [-0.15, -0.1) is 10.2 Å². The van der Waals surface area contributed by atoms with Crippen molar-refractivity contribution in [1.29, 1.82) is 0 Å². The number of anilines is 2. The average Bonchev–Trinajstić information content (AvgIpc) is 2.49. The van der Waals surface area contributed by atoms with Crippen molar-refractivity contribution in [3.05, 3.63) is 53.1 Å². The molecular formula is C16H15ClN4. The molecule has 1 aromatic heterocycles. The maximum Gasteiger partial charge on any atom is 0.247 e. The lowest BCUT2D eigenvalue weighted by molar-refractivity contribution is 0.866. The Labute approximate surface area is 128 Å². The van der Waals surface area contributed by atoms with Crippen LogP contribution in [-0.2, 0) is 0 Å². The van der Waals surface area contributed by atoms with Crippen LogP contribution in [0.5, 0.6) is 0 Å². The smallest absolute Gasteiger partial charge is 0.247 e. The molecule has 0 bridgehead atoms. The summed E-state index contributed by atoms with van der Waals surface area (Å²) in [6.07, 6.45) is 0. The molecule has 3 rings (SSSR count). The first kappa shape index (κ1) is 13.8. The van der Waals surface area contributed by atoms with Crippen LogP contribution in [0.4, 0.5) is 11.6 Å². The van der Waals surface area contributed by atoms with E-state index in [4.69, 9.17) is 11.6 Å². The maximum atomic E-state index is 5.86. The second-order valence-electron chi connectivity index (χ2n) is 5.17. The molecule has 0 unspecified atom stereocenters. The van der Waals surface area contributed by atoms with E-state index in [-0.39, 0.29) is 0 Å². The van der Waals surface area contributed by atoms with Gasteiger partial charge in [0.2, 0.25) is 5.95 Å². The van der Waals surface area contributed by atoms with Crippen LogP contribution in [0, 0.1) is 0 Å². The van der Waals surface area contributed by atoms with Crippen LogP contribution in [0.15, 0.2) is 42.5 Å². The van der Waals surface area contributed by atoms with Crippen LogP contribution in [0.25, 0.3) is 11.0 Å². The molecule has 5 heteroatoms. The summed E-state index contributed by atoms with van der Waals surface area (Å²) >= 11 is 5.86. The van der Waals surface area contributed by atoms with Crippen LogP contribution >= 0.6 is 11.6 Å². The van der Waals surface area contributed by atoms with Crippen molar-refractivity contribution in [2.45, 2.75) is 19.8 Å². The molecule has 2 aromatic carbocycles. The largest absolute Gasteiger partial charge is 0.323 e. The Morgan fingerprint density at radius 3 is 2.43 bits per heavy atom. The highest BCUT2D eigenvalue weighted by atomic mass is 35.5. The first-order chi connectivity index (χ1) is 10.1. The summed E-state index contributed by atoms with van der Waals surface area (Å²) < 4.78 is 0. The van der Waals surface area contributed by atoms with Gasteiger partial charge in [-0.3, -0.25) is 0 Å². The topological polar surface area (TPSA) is 50.7 Å². The number of halogens is 1. The molecule has 0 spiro atoms. The van der Waals surface area contributed by atoms with Gasteiger partial charge in [-0.1, -0.05) is 31.5 Å². The van der Waals surface area contributed by atoms with Crippen molar-refractivity contribution >= 4 is 34.3 Å². The molecule has 0 aliphatic rings. The van der Waals surface area contributed by atoms with E-state index >= 15 is 0 Å². The van der Waals surface area contributed by atoms with E-state index in [0.717, 1.165) is 16.7 Å². The molecule has 1 heterocycles. The zero-order valence-electron chi connectivity index (χ0n) is 11.8. The summed E-state index contributed by atoms with van der Waals surface area (Å²) in [6.45, 7) is 4.30. The summed E-state index contributed by atoms with van der Waals surface area (Å²) in [6, 6.07) is 13.5. The highest BCUT2D eigenvalue weighted by molar-refractivity contribution is 6.30. The van der Waals surface area contributed by atoms with Crippen LogP contribution in [0.2, 0.25) is 5.02 Å². The number of aromatic nitrogens is 3. The Hall–Kier alpha value is -2.20. The van der Waals surface area contributed by atoms with E-state index in [2.05, 4.69) is 40.4 Å². The Morgan fingerprint density at radius 2 is 1.71 bits per heavy atom. The van der Waals surface area contributed by atoms with Gasteiger partial charge in [-0.2, -0.15) is 0 Å². The minimum atomic E-state index is 0.461. The fourth-order valence-electron chi connectivity index (χ4n) is 2.03. The van der Waals surface area contributed by atoms with Gasteiger partial charge in [0.05, 0.1) is 5.52 Å². The van der Waals surface area contributed by atoms with Crippen LogP contribution in [-0.4, -0.2) is 15.2 Å². The second kappa shape index (κ2) is 5.66. The van der Waals surface area contributed by atoms with Gasteiger partial charge in [0.15, 0.2) is 0 Å². The standard InChI is InChI=1S/C16H15ClN4/c1-10(2)11-3-8-14-15(9-11)20-21-16(19-14)18-13-6-4-12(17)5-7-13/h3-10H,1-2H3,(H,18,19,21). The fourth-order valence-corrected chi connectivity index (χ4v) is 2.15. The predicted octanol–water partition coefficient (Wildman–Crippen LogP) is 4.55. The Balaban J connectivity index is 1.90. The number of rotatable bonds is 3. The van der Waals surface area contributed by atoms with Crippen molar-refractivity contribution < 1.29 is 0 Å². The summed E-state index contributed by atoms with van der Waals surface area (Å²) in [5.41, 5.74) is 3.74. The van der Waals surface area contributed by atoms with E-state index in [1.165, 1.54) is 5.56 Å². The average molecular weight is 299 g/mol. The molecule has 0 fully saturated rings.